The minimum absolute atomic E-state index is 0.0554. The SMILES string of the molecule is CCC(CC)(C(N)c1ccccc1C1CCC1)N(C)C. The van der Waals surface area contributed by atoms with Gasteiger partial charge in [-0.25, -0.2) is 0 Å². The highest BCUT2D eigenvalue weighted by molar-refractivity contribution is 5.36. The molecule has 0 spiro atoms. The van der Waals surface area contributed by atoms with Gasteiger partial charge in [-0.05, 0) is 56.8 Å². The van der Waals surface area contributed by atoms with Gasteiger partial charge in [-0.1, -0.05) is 44.5 Å². The first-order valence-electron chi connectivity index (χ1n) is 8.08. The highest BCUT2D eigenvalue weighted by Crippen LogP contribution is 2.42. The van der Waals surface area contributed by atoms with E-state index < -0.39 is 0 Å². The summed E-state index contributed by atoms with van der Waals surface area (Å²) in [5, 5.41) is 0. The van der Waals surface area contributed by atoms with E-state index in [9.17, 15) is 0 Å². The number of rotatable bonds is 6. The molecule has 1 aliphatic carbocycles. The van der Waals surface area contributed by atoms with Gasteiger partial charge in [0.15, 0.2) is 0 Å². The summed E-state index contributed by atoms with van der Waals surface area (Å²) in [5.74, 6) is 0.742. The molecule has 2 rings (SSSR count). The van der Waals surface area contributed by atoms with Gasteiger partial charge in [0.05, 0.1) is 0 Å². The number of hydrogen-bond donors (Lipinski definition) is 1. The Morgan fingerprint density at radius 2 is 1.80 bits per heavy atom. The lowest BCUT2D eigenvalue weighted by atomic mass is 9.73. The summed E-state index contributed by atoms with van der Waals surface area (Å²) in [6.45, 7) is 4.52. The lowest BCUT2D eigenvalue weighted by Gasteiger charge is -2.45. The molecule has 0 bridgehead atoms. The Labute approximate surface area is 124 Å². The summed E-state index contributed by atoms with van der Waals surface area (Å²) >= 11 is 0. The van der Waals surface area contributed by atoms with Gasteiger partial charge in [0.1, 0.15) is 0 Å². The smallest absolute Gasteiger partial charge is 0.0484 e. The molecule has 1 atom stereocenters. The van der Waals surface area contributed by atoms with Crippen LogP contribution in [-0.4, -0.2) is 24.5 Å². The summed E-state index contributed by atoms with van der Waals surface area (Å²) in [4.78, 5) is 2.33. The van der Waals surface area contributed by atoms with Crippen LogP contribution in [0.5, 0.6) is 0 Å². The lowest BCUT2D eigenvalue weighted by Crippen LogP contribution is -2.51. The van der Waals surface area contributed by atoms with Crippen LogP contribution in [0.3, 0.4) is 0 Å². The van der Waals surface area contributed by atoms with Gasteiger partial charge < -0.3 is 10.6 Å². The monoisotopic (exact) mass is 274 g/mol. The van der Waals surface area contributed by atoms with Crippen molar-refractivity contribution in [1.29, 1.82) is 0 Å². The summed E-state index contributed by atoms with van der Waals surface area (Å²) in [5.41, 5.74) is 9.70. The van der Waals surface area contributed by atoms with Crippen molar-refractivity contribution in [3.05, 3.63) is 35.4 Å². The molecule has 1 saturated carbocycles. The zero-order valence-electron chi connectivity index (χ0n) is 13.5. The number of nitrogens with zero attached hydrogens (tertiary/aromatic N) is 1. The predicted molar refractivity (Wildman–Crippen MR) is 87.0 cm³/mol. The fourth-order valence-corrected chi connectivity index (χ4v) is 3.78. The van der Waals surface area contributed by atoms with Crippen molar-refractivity contribution < 1.29 is 0 Å². The van der Waals surface area contributed by atoms with E-state index in [0.29, 0.717) is 0 Å². The molecule has 1 unspecified atom stereocenters. The van der Waals surface area contributed by atoms with Gasteiger partial charge in [0.25, 0.3) is 0 Å². The third-order valence-corrected chi connectivity index (χ3v) is 5.57. The average molecular weight is 274 g/mol. The molecule has 0 amide bonds. The summed E-state index contributed by atoms with van der Waals surface area (Å²) < 4.78 is 0. The second-order valence-electron chi connectivity index (χ2n) is 6.44. The van der Waals surface area contributed by atoms with Gasteiger partial charge in [0.2, 0.25) is 0 Å². The Kier molecular flexibility index (Phi) is 4.87. The largest absolute Gasteiger partial charge is 0.322 e. The van der Waals surface area contributed by atoms with Crippen LogP contribution >= 0.6 is 0 Å². The fraction of sp³-hybridized carbons (Fsp3) is 0.667. The molecule has 0 heterocycles. The molecule has 2 N–H and O–H groups in total. The van der Waals surface area contributed by atoms with E-state index in [4.69, 9.17) is 5.73 Å². The number of benzene rings is 1. The zero-order valence-corrected chi connectivity index (χ0v) is 13.5. The van der Waals surface area contributed by atoms with Crippen LogP contribution in [0.2, 0.25) is 0 Å². The second kappa shape index (κ2) is 6.28. The third kappa shape index (κ3) is 2.51. The van der Waals surface area contributed by atoms with Crippen LogP contribution in [0.15, 0.2) is 24.3 Å². The molecule has 1 aromatic rings. The first-order valence-corrected chi connectivity index (χ1v) is 8.08. The quantitative estimate of drug-likeness (QED) is 0.847. The molecule has 0 saturated heterocycles. The number of likely N-dealkylation sites (N-methyl/N-ethyl adjacent to an activating group) is 1. The maximum atomic E-state index is 6.77. The van der Waals surface area contributed by atoms with Crippen molar-refractivity contribution in [2.45, 2.75) is 63.5 Å². The molecule has 1 fully saturated rings. The Morgan fingerprint density at radius 1 is 1.20 bits per heavy atom. The van der Waals surface area contributed by atoms with Crippen molar-refractivity contribution in [3.8, 4) is 0 Å². The minimum atomic E-state index is 0.0554. The van der Waals surface area contributed by atoms with E-state index in [-0.39, 0.29) is 11.6 Å². The van der Waals surface area contributed by atoms with E-state index in [0.717, 1.165) is 18.8 Å². The summed E-state index contributed by atoms with van der Waals surface area (Å²) in [6, 6.07) is 8.94. The van der Waals surface area contributed by atoms with Crippen LogP contribution in [0.4, 0.5) is 0 Å². The standard InChI is InChI=1S/C18H30N2/c1-5-18(6-2,20(3)4)17(19)16-13-8-7-12-15(16)14-10-9-11-14/h7-8,12-14,17H,5-6,9-11,19H2,1-4H3. The van der Waals surface area contributed by atoms with Crippen LogP contribution in [0, 0.1) is 0 Å². The minimum Gasteiger partial charge on any atom is -0.322 e. The molecular weight excluding hydrogens is 244 g/mol. The Bertz CT molecular complexity index is 431. The molecule has 2 heteroatoms. The van der Waals surface area contributed by atoms with Gasteiger partial charge in [-0.3, -0.25) is 0 Å². The zero-order chi connectivity index (χ0) is 14.8. The van der Waals surface area contributed by atoms with E-state index in [1.54, 1.807) is 0 Å². The van der Waals surface area contributed by atoms with Gasteiger partial charge in [-0.2, -0.15) is 0 Å². The van der Waals surface area contributed by atoms with Crippen LogP contribution in [0.25, 0.3) is 0 Å². The van der Waals surface area contributed by atoms with Crippen molar-refractivity contribution in [1.82, 2.24) is 4.90 Å². The lowest BCUT2D eigenvalue weighted by molar-refractivity contribution is 0.105. The van der Waals surface area contributed by atoms with Crippen LogP contribution < -0.4 is 5.73 Å². The van der Waals surface area contributed by atoms with Crippen LogP contribution in [-0.2, 0) is 0 Å². The second-order valence-corrected chi connectivity index (χ2v) is 6.44. The Balaban J connectivity index is 2.38. The molecule has 112 valence electrons. The Morgan fingerprint density at radius 3 is 2.25 bits per heavy atom. The van der Waals surface area contributed by atoms with E-state index in [1.165, 1.54) is 30.4 Å². The average Bonchev–Trinajstić information content (AvgIpc) is 2.39. The summed E-state index contributed by atoms with van der Waals surface area (Å²) in [6.07, 6.45) is 6.19. The molecule has 20 heavy (non-hydrogen) atoms. The Hall–Kier alpha value is -0.860. The number of hydrogen-bond acceptors (Lipinski definition) is 2. The third-order valence-electron chi connectivity index (χ3n) is 5.57. The van der Waals surface area contributed by atoms with Crippen molar-refractivity contribution in [2.24, 2.45) is 5.73 Å². The molecule has 0 aliphatic heterocycles. The van der Waals surface area contributed by atoms with E-state index in [2.05, 4.69) is 57.1 Å². The first kappa shape index (κ1) is 15.5. The van der Waals surface area contributed by atoms with Crippen molar-refractivity contribution >= 4 is 0 Å². The molecule has 1 aliphatic rings. The predicted octanol–water partition coefficient (Wildman–Crippen LogP) is 4.07. The summed E-state index contributed by atoms with van der Waals surface area (Å²) in [7, 11) is 4.33. The maximum absolute atomic E-state index is 6.77. The highest BCUT2D eigenvalue weighted by atomic mass is 15.2. The first-order chi connectivity index (χ1) is 9.56. The van der Waals surface area contributed by atoms with E-state index in [1.807, 2.05) is 0 Å². The van der Waals surface area contributed by atoms with Gasteiger partial charge in [0, 0.05) is 11.6 Å². The fourth-order valence-electron chi connectivity index (χ4n) is 3.78. The van der Waals surface area contributed by atoms with Crippen molar-refractivity contribution in [3.63, 3.8) is 0 Å². The van der Waals surface area contributed by atoms with Gasteiger partial charge in [-0.15, -0.1) is 0 Å². The molecule has 1 aromatic carbocycles. The topological polar surface area (TPSA) is 29.3 Å². The maximum Gasteiger partial charge on any atom is 0.0484 e. The molecule has 0 aromatic heterocycles. The molecular formula is C18H30N2. The molecule has 0 radical (unpaired) electrons. The number of nitrogens with two attached hydrogens (primary N) is 1. The normalized spacial score (nSPS) is 18.1. The van der Waals surface area contributed by atoms with Crippen molar-refractivity contribution in [2.75, 3.05) is 14.1 Å². The van der Waals surface area contributed by atoms with Crippen LogP contribution in [0.1, 0.15) is 69.0 Å². The molecule has 2 nitrogen and oxygen atoms in total. The van der Waals surface area contributed by atoms with Gasteiger partial charge >= 0.3 is 0 Å². The highest BCUT2D eigenvalue weighted by Gasteiger charge is 2.38. The van der Waals surface area contributed by atoms with E-state index >= 15 is 0 Å².